The number of nitrogens with one attached hydrogen (secondary N) is 1. The SMILES string of the molecule is CC(C)N1CC(C(C)(C)C)NCC1(C)C1CC1. The molecule has 0 aromatic carbocycles. The molecule has 2 unspecified atom stereocenters. The Morgan fingerprint density at radius 1 is 1.24 bits per heavy atom. The molecule has 2 rings (SSSR count). The zero-order valence-electron chi connectivity index (χ0n) is 12.5. The summed E-state index contributed by atoms with van der Waals surface area (Å²) >= 11 is 0. The maximum absolute atomic E-state index is 3.81. The van der Waals surface area contributed by atoms with Crippen LogP contribution in [0.5, 0.6) is 0 Å². The van der Waals surface area contributed by atoms with Gasteiger partial charge in [0.1, 0.15) is 0 Å². The van der Waals surface area contributed by atoms with Crippen molar-refractivity contribution in [3.8, 4) is 0 Å². The highest BCUT2D eigenvalue weighted by atomic mass is 15.3. The van der Waals surface area contributed by atoms with Crippen LogP contribution in [0, 0.1) is 11.3 Å². The van der Waals surface area contributed by atoms with E-state index in [0.717, 1.165) is 12.5 Å². The highest BCUT2D eigenvalue weighted by Crippen LogP contribution is 2.45. The second-order valence-electron chi connectivity index (χ2n) is 7.68. The average molecular weight is 238 g/mol. The third kappa shape index (κ3) is 2.53. The van der Waals surface area contributed by atoms with Gasteiger partial charge in [0.15, 0.2) is 0 Å². The van der Waals surface area contributed by atoms with E-state index in [1.165, 1.54) is 19.4 Å². The minimum absolute atomic E-state index is 0.359. The van der Waals surface area contributed by atoms with E-state index in [1.807, 2.05) is 0 Å². The van der Waals surface area contributed by atoms with Gasteiger partial charge in [-0.25, -0.2) is 0 Å². The van der Waals surface area contributed by atoms with Gasteiger partial charge < -0.3 is 5.32 Å². The Hall–Kier alpha value is -0.0800. The van der Waals surface area contributed by atoms with Crippen molar-refractivity contribution in [2.24, 2.45) is 11.3 Å². The van der Waals surface area contributed by atoms with Gasteiger partial charge in [-0.15, -0.1) is 0 Å². The highest BCUT2D eigenvalue weighted by Gasteiger charge is 2.50. The molecule has 17 heavy (non-hydrogen) atoms. The number of nitrogens with zero attached hydrogens (tertiary/aromatic N) is 1. The van der Waals surface area contributed by atoms with Gasteiger partial charge in [-0.2, -0.15) is 0 Å². The molecule has 1 saturated carbocycles. The van der Waals surface area contributed by atoms with Crippen LogP contribution in [0.2, 0.25) is 0 Å². The maximum atomic E-state index is 3.81. The van der Waals surface area contributed by atoms with E-state index < -0.39 is 0 Å². The van der Waals surface area contributed by atoms with Crippen molar-refractivity contribution < 1.29 is 0 Å². The summed E-state index contributed by atoms with van der Waals surface area (Å²) in [4.78, 5) is 2.76. The summed E-state index contributed by atoms with van der Waals surface area (Å²) in [6.07, 6.45) is 2.86. The van der Waals surface area contributed by atoms with Gasteiger partial charge in [0, 0.05) is 30.7 Å². The van der Waals surface area contributed by atoms with Crippen molar-refractivity contribution in [3.05, 3.63) is 0 Å². The normalized spacial score (nSPS) is 36.5. The first-order chi connectivity index (χ1) is 7.75. The van der Waals surface area contributed by atoms with Gasteiger partial charge in [0.2, 0.25) is 0 Å². The summed E-state index contributed by atoms with van der Waals surface area (Å²) in [7, 11) is 0. The summed E-state index contributed by atoms with van der Waals surface area (Å²) in [5, 5.41) is 3.81. The van der Waals surface area contributed by atoms with Crippen LogP contribution in [0.1, 0.15) is 54.4 Å². The molecular formula is C15H30N2. The molecule has 0 bridgehead atoms. The molecule has 1 saturated heterocycles. The van der Waals surface area contributed by atoms with E-state index in [1.54, 1.807) is 0 Å². The lowest BCUT2D eigenvalue weighted by Crippen LogP contribution is -2.68. The van der Waals surface area contributed by atoms with Crippen molar-refractivity contribution in [1.29, 1.82) is 0 Å². The second-order valence-corrected chi connectivity index (χ2v) is 7.68. The van der Waals surface area contributed by atoms with E-state index >= 15 is 0 Å². The summed E-state index contributed by atoms with van der Waals surface area (Å²) in [5.41, 5.74) is 0.758. The minimum Gasteiger partial charge on any atom is -0.310 e. The van der Waals surface area contributed by atoms with Crippen molar-refractivity contribution in [1.82, 2.24) is 10.2 Å². The topological polar surface area (TPSA) is 15.3 Å². The minimum atomic E-state index is 0.359. The van der Waals surface area contributed by atoms with Gasteiger partial charge in [0.05, 0.1) is 0 Å². The first kappa shape index (κ1) is 13.4. The Labute approximate surface area is 107 Å². The molecule has 1 heterocycles. The smallest absolute Gasteiger partial charge is 0.0337 e. The molecule has 2 nitrogen and oxygen atoms in total. The van der Waals surface area contributed by atoms with Crippen molar-refractivity contribution in [2.75, 3.05) is 13.1 Å². The highest BCUT2D eigenvalue weighted by molar-refractivity contribution is 5.07. The first-order valence-corrected chi connectivity index (χ1v) is 7.25. The van der Waals surface area contributed by atoms with E-state index in [0.29, 0.717) is 23.0 Å². The predicted molar refractivity (Wildman–Crippen MR) is 74.2 cm³/mol. The molecular weight excluding hydrogens is 208 g/mol. The van der Waals surface area contributed by atoms with Crippen LogP contribution in [0.4, 0.5) is 0 Å². The Morgan fingerprint density at radius 2 is 1.82 bits per heavy atom. The fourth-order valence-electron chi connectivity index (χ4n) is 3.37. The van der Waals surface area contributed by atoms with Gasteiger partial charge in [-0.3, -0.25) is 4.90 Å². The Kier molecular flexibility index (Phi) is 3.33. The molecule has 0 spiro atoms. The van der Waals surface area contributed by atoms with Crippen LogP contribution in [-0.2, 0) is 0 Å². The van der Waals surface area contributed by atoms with Crippen LogP contribution in [-0.4, -0.2) is 35.6 Å². The van der Waals surface area contributed by atoms with Gasteiger partial charge >= 0.3 is 0 Å². The molecule has 0 radical (unpaired) electrons. The molecule has 2 aliphatic rings. The fraction of sp³-hybridized carbons (Fsp3) is 1.00. The first-order valence-electron chi connectivity index (χ1n) is 7.25. The van der Waals surface area contributed by atoms with E-state index in [4.69, 9.17) is 0 Å². The molecule has 1 N–H and O–H groups in total. The number of rotatable bonds is 2. The van der Waals surface area contributed by atoms with E-state index in [9.17, 15) is 0 Å². The zero-order chi connectivity index (χ0) is 12.8. The maximum Gasteiger partial charge on any atom is 0.0337 e. The standard InChI is InChI=1S/C15H30N2/c1-11(2)17-9-13(14(3,4)5)16-10-15(17,6)12-7-8-12/h11-13,16H,7-10H2,1-6H3. The van der Waals surface area contributed by atoms with E-state index in [2.05, 4.69) is 51.8 Å². The summed E-state index contributed by atoms with van der Waals surface area (Å²) in [6, 6.07) is 1.28. The summed E-state index contributed by atoms with van der Waals surface area (Å²) in [5.74, 6) is 0.929. The average Bonchev–Trinajstić information content (AvgIpc) is 2.98. The number of piperazine rings is 1. The van der Waals surface area contributed by atoms with E-state index in [-0.39, 0.29) is 0 Å². The summed E-state index contributed by atoms with van der Waals surface area (Å²) < 4.78 is 0. The molecule has 1 aliphatic carbocycles. The monoisotopic (exact) mass is 238 g/mol. The van der Waals surface area contributed by atoms with Crippen molar-refractivity contribution in [3.63, 3.8) is 0 Å². The number of hydrogen-bond acceptors (Lipinski definition) is 2. The van der Waals surface area contributed by atoms with Gasteiger partial charge in [0.25, 0.3) is 0 Å². The zero-order valence-corrected chi connectivity index (χ0v) is 12.5. The van der Waals surface area contributed by atoms with Crippen LogP contribution >= 0.6 is 0 Å². The molecule has 0 aromatic heterocycles. The lowest BCUT2D eigenvalue weighted by atomic mass is 9.80. The van der Waals surface area contributed by atoms with Crippen LogP contribution < -0.4 is 5.32 Å². The summed E-state index contributed by atoms with van der Waals surface area (Å²) in [6.45, 7) is 16.6. The fourth-order valence-corrected chi connectivity index (χ4v) is 3.37. The van der Waals surface area contributed by atoms with Crippen LogP contribution in [0.3, 0.4) is 0 Å². The predicted octanol–water partition coefficient (Wildman–Crippen LogP) is 2.88. The molecule has 2 heteroatoms. The molecule has 1 aliphatic heterocycles. The molecule has 0 aromatic rings. The quantitative estimate of drug-likeness (QED) is 0.796. The van der Waals surface area contributed by atoms with Crippen LogP contribution in [0.25, 0.3) is 0 Å². The van der Waals surface area contributed by atoms with Gasteiger partial charge in [-0.05, 0) is 44.9 Å². The number of hydrogen-bond donors (Lipinski definition) is 1. The van der Waals surface area contributed by atoms with Gasteiger partial charge in [-0.1, -0.05) is 20.8 Å². The molecule has 100 valence electrons. The van der Waals surface area contributed by atoms with Crippen LogP contribution in [0.15, 0.2) is 0 Å². The Bertz CT molecular complexity index is 275. The second kappa shape index (κ2) is 4.24. The Balaban J connectivity index is 2.13. The lowest BCUT2D eigenvalue weighted by molar-refractivity contribution is -0.0114. The lowest BCUT2D eigenvalue weighted by Gasteiger charge is -2.53. The van der Waals surface area contributed by atoms with Crippen molar-refractivity contribution in [2.45, 2.75) is 72.0 Å². The Morgan fingerprint density at radius 3 is 2.24 bits per heavy atom. The molecule has 0 amide bonds. The third-order valence-corrected chi connectivity index (χ3v) is 4.87. The molecule has 2 fully saturated rings. The molecule has 2 atom stereocenters. The van der Waals surface area contributed by atoms with Crippen molar-refractivity contribution >= 4 is 0 Å². The third-order valence-electron chi connectivity index (χ3n) is 4.87. The largest absolute Gasteiger partial charge is 0.310 e.